The quantitative estimate of drug-likeness (QED) is 0.744. The van der Waals surface area contributed by atoms with Gasteiger partial charge >= 0.3 is 0 Å². The molecule has 5 heteroatoms. The van der Waals surface area contributed by atoms with Gasteiger partial charge in [-0.2, -0.15) is 0 Å². The van der Waals surface area contributed by atoms with E-state index in [-0.39, 0.29) is 11.0 Å². The number of nitrogens with one attached hydrogen (secondary N) is 1. The van der Waals surface area contributed by atoms with Gasteiger partial charge in [-0.25, -0.2) is 9.97 Å². The fourth-order valence-electron chi connectivity index (χ4n) is 2.10. The zero-order valence-electron chi connectivity index (χ0n) is 12.5. The number of hydrogen-bond acceptors (Lipinski definition) is 4. The average Bonchev–Trinajstić information content (AvgIpc) is 2.89. The first-order chi connectivity index (χ1) is 9.84. The minimum absolute atomic E-state index is 0.168. The second-order valence-electron chi connectivity index (χ2n) is 6.22. The average molecular weight is 283 g/mol. The van der Waals surface area contributed by atoms with Gasteiger partial charge in [0.05, 0.1) is 10.9 Å². The molecular weight excluding hydrogens is 266 g/mol. The summed E-state index contributed by atoms with van der Waals surface area (Å²) in [6, 6.07) is 5.60. The van der Waals surface area contributed by atoms with Crippen molar-refractivity contribution < 1.29 is 4.42 Å². The van der Waals surface area contributed by atoms with Gasteiger partial charge in [0.1, 0.15) is 12.0 Å². The van der Waals surface area contributed by atoms with E-state index < -0.39 is 0 Å². The van der Waals surface area contributed by atoms with Crippen molar-refractivity contribution in [2.75, 3.05) is 0 Å². The lowest BCUT2D eigenvalue weighted by atomic mass is 9.97. The summed E-state index contributed by atoms with van der Waals surface area (Å²) in [5, 5.41) is 0.582. The summed E-state index contributed by atoms with van der Waals surface area (Å²) < 4.78 is 5.48. The molecule has 0 fully saturated rings. The molecule has 3 rings (SSSR count). The topological polar surface area (TPSA) is 71.8 Å². The minimum atomic E-state index is -0.188. The van der Waals surface area contributed by atoms with Crippen LogP contribution in [0.25, 0.3) is 22.4 Å². The number of aromatic nitrogens is 3. The van der Waals surface area contributed by atoms with E-state index in [2.05, 4.69) is 15.0 Å². The first-order valence-electron chi connectivity index (χ1n) is 6.82. The van der Waals surface area contributed by atoms with Crippen molar-refractivity contribution in [1.82, 2.24) is 15.0 Å². The Kier molecular flexibility index (Phi) is 2.93. The highest BCUT2D eigenvalue weighted by Crippen LogP contribution is 2.24. The Labute approximate surface area is 122 Å². The highest BCUT2D eigenvalue weighted by atomic mass is 16.3. The number of nitrogens with zero attached hydrogens (tertiary/aromatic N) is 2. The molecule has 0 saturated heterocycles. The highest BCUT2D eigenvalue weighted by molar-refractivity contribution is 5.79. The van der Waals surface area contributed by atoms with E-state index in [9.17, 15) is 4.79 Å². The van der Waals surface area contributed by atoms with Crippen molar-refractivity contribution in [3.05, 3.63) is 46.3 Å². The van der Waals surface area contributed by atoms with Crippen LogP contribution < -0.4 is 5.56 Å². The third-order valence-corrected chi connectivity index (χ3v) is 3.25. The monoisotopic (exact) mass is 283 g/mol. The van der Waals surface area contributed by atoms with Crippen LogP contribution in [0.2, 0.25) is 0 Å². The van der Waals surface area contributed by atoms with E-state index in [0.717, 1.165) is 5.56 Å². The molecule has 5 nitrogen and oxygen atoms in total. The van der Waals surface area contributed by atoms with Gasteiger partial charge in [0.25, 0.3) is 5.56 Å². The Morgan fingerprint density at radius 2 is 1.95 bits per heavy atom. The molecule has 2 aromatic heterocycles. The minimum Gasteiger partial charge on any atom is -0.448 e. The molecule has 1 N–H and O–H groups in total. The van der Waals surface area contributed by atoms with E-state index in [0.29, 0.717) is 28.3 Å². The lowest BCUT2D eigenvalue weighted by molar-refractivity contribution is 0.392. The predicted molar refractivity (Wildman–Crippen MR) is 81.3 cm³/mol. The fourth-order valence-corrected chi connectivity index (χ4v) is 2.10. The molecule has 0 unspecified atom stereocenters. The van der Waals surface area contributed by atoms with E-state index in [1.165, 1.54) is 6.26 Å². The number of aromatic amines is 1. The third-order valence-electron chi connectivity index (χ3n) is 3.25. The summed E-state index contributed by atoms with van der Waals surface area (Å²) in [4.78, 5) is 23.8. The number of hydrogen-bond donors (Lipinski definition) is 1. The molecule has 0 aliphatic heterocycles. The molecule has 0 bridgehead atoms. The van der Waals surface area contributed by atoms with E-state index in [4.69, 9.17) is 4.42 Å². The Morgan fingerprint density at radius 1 is 1.19 bits per heavy atom. The van der Waals surface area contributed by atoms with Gasteiger partial charge in [-0.1, -0.05) is 32.4 Å². The van der Waals surface area contributed by atoms with Crippen LogP contribution in [-0.2, 0) is 5.41 Å². The first kappa shape index (κ1) is 13.5. The number of oxazole rings is 1. The standard InChI is InChI=1S/C16H17N3O2/c1-9-5-6-11-10(7-9)14(20)19-13(17-11)12-8-21-15(18-12)16(2,3)4/h5-8H,1-4H3,(H,17,19,20). The van der Waals surface area contributed by atoms with E-state index in [1.54, 1.807) is 0 Å². The summed E-state index contributed by atoms with van der Waals surface area (Å²) in [5.41, 5.74) is 1.86. The van der Waals surface area contributed by atoms with Gasteiger partial charge < -0.3 is 9.40 Å². The molecule has 0 spiro atoms. The molecule has 0 atom stereocenters. The van der Waals surface area contributed by atoms with Gasteiger partial charge in [0.15, 0.2) is 11.7 Å². The van der Waals surface area contributed by atoms with Crippen molar-refractivity contribution in [1.29, 1.82) is 0 Å². The molecule has 0 saturated carbocycles. The van der Waals surface area contributed by atoms with Crippen LogP contribution in [0.3, 0.4) is 0 Å². The second-order valence-corrected chi connectivity index (χ2v) is 6.22. The largest absolute Gasteiger partial charge is 0.448 e. The van der Waals surface area contributed by atoms with Crippen molar-refractivity contribution >= 4 is 10.9 Å². The van der Waals surface area contributed by atoms with Gasteiger partial charge in [-0.15, -0.1) is 0 Å². The van der Waals surface area contributed by atoms with Crippen LogP contribution in [0.5, 0.6) is 0 Å². The predicted octanol–water partition coefficient (Wildman–Crippen LogP) is 3.18. The molecule has 0 radical (unpaired) electrons. The molecule has 0 aliphatic rings. The molecule has 2 heterocycles. The molecule has 108 valence electrons. The Bertz CT molecular complexity index is 869. The highest BCUT2D eigenvalue weighted by Gasteiger charge is 2.21. The second kappa shape index (κ2) is 4.55. The van der Waals surface area contributed by atoms with Crippen LogP contribution in [0.1, 0.15) is 32.2 Å². The van der Waals surface area contributed by atoms with Crippen molar-refractivity contribution in [3.63, 3.8) is 0 Å². The van der Waals surface area contributed by atoms with E-state index >= 15 is 0 Å². The van der Waals surface area contributed by atoms with Crippen molar-refractivity contribution in [2.45, 2.75) is 33.1 Å². The summed E-state index contributed by atoms with van der Waals surface area (Å²) in [6.07, 6.45) is 1.53. The molecular formula is C16H17N3O2. The summed E-state index contributed by atoms with van der Waals surface area (Å²) in [7, 11) is 0. The maximum Gasteiger partial charge on any atom is 0.259 e. The van der Waals surface area contributed by atoms with Gasteiger partial charge in [0, 0.05) is 5.41 Å². The number of rotatable bonds is 1. The summed E-state index contributed by atoms with van der Waals surface area (Å²) in [5.74, 6) is 1.04. The van der Waals surface area contributed by atoms with Gasteiger partial charge in [-0.05, 0) is 19.1 Å². The number of fused-ring (bicyclic) bond motifs is 1. The normalized spacial score (nSPS) is 12.0. The zero-order valence-corrected chi connectivity index (χ0v) is 12.5. The lowest BCUT2D eigenvalue weighted by Crippen LogP contribution is -2.12. The number of H-pyrrole nitrogens is 1. The molecule has 21 heavy (non-hydrogen) atoms. The van der Waals surface area contributed by atoms with Crippen molar-refractivity contribution in [2.24, 2.45) is 0 Å². The molecule has 1 aromatic carbocycles. The van der Waals surface area contributed by atoms with Crippen LogP contribution >= 0.6 is 0 Å². The van der Waals surface area contributed by atoms with Gasteiger partial charge in [0.2, 0.25) is 0 Å². The smallest absolute Gasteiger partial charge is 0.259 e. The maximum absolute atomic E-state index is 12.2. The third kappa shape index (κ3) is 2.46. The lowest BCUT2D eigenvalue weighted by Gasteiger charge is -2.11. The van der Waals surface area contributed by atoms with Crippen LogP contribution in [0.4, 0.5) is 0 Å². The SMILES string of the molecule is Cc1ccc2nc(-c3coc(C(C)(C)C)n3)[nH]c(=O)c2c1. The van der Waals surface area contributed by atoms with Crippen LogP contribution in [0.15, 0.2) is 33.7 Å². The first-order valence-corrected chi connectivity index (χ1v) is 6.82. The Balaban J connectivity index is 2.15. The summed E-state index contributed by atoms with van der Waals surface area (Å²) in [6.45, 7) is 7.99. The van der Waals surface area contributed by atoms with Crippen molar-refractivity contribution in [3.8, 4) is 11.5 Å². The number of benzene rings is 1. The maximum atomic E-state index is 12.2. The molecule has 3 aromatic rings. The zero-order chi connectivity index (χ0) is 15.2. The van der Waals surface area contributed by atoms with Gasteiger partial charge in [-0.3, -0.25) is 4.79 Å². The fraction of sp³-hybridized carbons (Fsp3) is 0.312. The van der Waals surface area contributed by atoms with Crippen LogP contribution in [0, 0.1) is 6.92 Å². The van der Waals surface area contributed by atoms with E-state index in [1.807, 2.05) is 45.9 Å². The van der Waals surface area contributed by atoms with Crippen LogP contribution in [-0.4, -0.2) is 15.0 Å². The Hall–Kier alpha value is -2.43. The molecule has 0 amide bonds. The number of aryl methyl sites for hydroxylation is 1. The molecule has 0 aliphatic carbocycles. The Morgan fingerprint density at radius 3 is 2.62 bits per heavy atom. The summed E-state index contributed by atoms with van der Waals surface area (Å²) >= 11 is 0.